The van der Waals surface area contributed by atoms with E-state index in [1.54, 1.807) is 11.8 Å². The number of fused-ring (bicyclic) bond motifs is 1. The van der Waals surface area contributed by atoms with Gasteiger partial charge in [-0.15, -0.1) is 0 Å². The Kier molecular flexibility index (Phi) is 8.35. The molecule has 2 amide bonds. The van der Waals surface area contributed by atoms with Crippen molar-refractivity contribution in [3.05, 3.63) is 58.1 Å². The fraction of sp³-hybridized carbons (Fsp3) is 0.417. The van der Waals surface area contributed by atoms with Crippen LogP contribution in [0, 0.1) is 0 Å². The van der Waals surface area contributed by atoms with Crippen LogP contribution in [0.4, 0.5) is 0 Å². The van der Waals surface area contributed by atoms with Crippen LogP contribution in [0.3, 0.4) is 0 Å². The molecule has 2 aromatic rings. The molecule has 0 saturated heterocycles. The quantitative estimate of drug-likeness (QED) is 0.501. The Labute approximate surface area is 192 Å². The lowest BCUT2D eigenvalue weighted by atomic mass is 10.1. The Morgan fingerprint density at radius 2 is 1.94 bits per heavy atom. The third kappa shape index (κ3) is 6.47. The van der Waals surface area contributed by atoms with Gasteiger partial charge in [-0.2, -0.15) is 0 Å². The second-order valence-corrected chi connectivity index (χ2v) is 8.58. The van der Waals surface area contributed by atoms with Crippen molar-refractivity contribution in [2.45, 2.75) is 52.1 Å². The molecule has 0 spiro atoms. The van der Waals surface area contributed by atoms with E-state index in [0.29, 0.717) is 31.7 Å². The molecular weight excluding hydrogens is 460 g/mol. The summed E-state index contributed by atoms with van der Waals surface area (Å²) in [5.74, 6) is 1.25. The van der Waals surface area contributed by atoms with Crippen LogP contribution in [0.2, 0.25) is 0 Å². The van der Waals surface area contributed by atoms with Gasteiger partial charge in [-0.05, 0) is 55.2 Å². The Bertz CT molecular complexity index is 918. The summed E-state index contributed by atoms with van der Waals surface area (Å²) in [4.78, 5) is 27.5. The lowest BCUT2D eigenvalue weighted by Gasteiger charge is -2.29. The van der Waals surface area contributed by atoms with Gasteiger partial charge < -0.3 is 19.7 Å². The third-order valence-electron chi connectivity index (χ3n) is 5.30. The van der Waals surface area contributed by atoms with E-state index in [-0.39, 0.29) is 18.6 Å². The minimum atomic E-state index is -0.555. The lowest BCUT2D eigenvalue weighted by molar-refractivity contribution is -0.140. The molecule has 2 aromatic carbocycles. The maximum absolute atomic E-state index is 13.2. The van der Waals surface area contributed by atoms with Crippen LogP contribution < -0.4 is 14.8 Å². The highest BCUT2D eigenvalue weighted by molar-refractivity contribution is 9.10. The summed E-state index contributed by atoms with van der Waals surface area (Å²) in [7, 11) is 0. The number of amides is 2. The smallest absolute Gasteiger partial charge is 0.242 e. The van der Waals surface area contributed by atoms with Gasteiger partial charge in [0.05, 0.1) is 0 Å². The van der Waals surface area contributed by atoms with Gasteiger partial charge >= 0.3 is 0 Å². The Hall–Kier alpha value is -2.54. The molecule has 0 radical (unpaired) electrons. The van der Waals surface area contributed by atoms with Crippen molar-refractivity contribution < 1.29 is 19.1 Å². The first kappa shape index (κ1) is 23.1. The highest BCUT2D eigenvalue weighted by Crippen LogP contribution is 2.32. The molecule has 3 rings (SSSR count). The molecule has 0 unspecified atom stereocenters. The number of nitrogens with zero attached hydrogens (tertiary/aromatic N) is 1. The first-order valence-corrected chi connectivity index (χ1v) is 11.5. The van der Waals surface area contributed by atoms with Crippen LogP contribution in [0.15, 0.2) is 46.9 Å². The van der Waals surface area contributed by atoms with Crippen LogP contribution in [0.25, 0.3) is 0 Å². The minimum absolute atomic E-state index is 0.0595. The maximum atomic E-state index is 13.2. The minimum Gasteiger partial charge on any atom is -0.454 e. The molecular formula is C24H29BrN2O4. The van der Waals surface area contributed by atoms with Crippen LogP contribution in [-0.2, 0) is 22.6 Å². The number of unbranched alkanes of at least 4 members (excludes halogenated alkanes) is 1. The number of aryl methyl sites for hydroxylation is 1. The van der Waals surface area contributed by atoms with Crippen molar-refractivity contribution in [1.82, 2.24) is 10.2 Å². The molecule has 0 bridgehead atoms. The normalized spacial score (nSPS) is 13.0. The lowest BCUT2D eigenvalue weighted by Crippen LogP contribution is -2.47. The van der Waals surface area contributed by atoms with Gasteiger partial charge in [0.2, 0.25) is 18.6 Å². The second kappa shape index (κ2) is 11.2. The highest BCUT2D eigenvalue weighted by atomic mass is 79.9. The van der Waals surface area contributed by atoms with Crippen molar-refractivity contribution in [3.63, 3.8) is 0 Å². The van der Waals surface area contributed by atoms with Gasteiger partial charge in [-0.3, -0.25) is 9.59 Å². The fourth-order valence-corrected chi connectivity index (χ4v) is 3.89. The molecule has 6 nitrogen and oxygen atoms in total. The van der Waals surface area contributed by atoms with Crippen molar-refractivity contribution >= 4 is 27.7 Å². The van der Waals surface area contributed by atoms with Crippen molar-refractivity contribution in [1.29, 1.82) is 0 Å². The van der Waals surface area contributed by atoms with Gasteiger partial charge in [-0.25, -0.2) is 0 Å². The molecule has 0 fully saturated rings. The average Bonchev–Trinajstić information content (AvgIpc) is 3.23. The number of hydrogen-bond donors (Lipinski definition) is 1. The first-order valence-electron chi connectivity index (χ1n) is 10.7. The molecule has 1 N–H and O–H groups in total. The average molecular weight is 489 g/mol. The zero-order valence-corrected chi connectivity index (χ0v) is 19.6. The Balaban J connectivity index is 1.69. The predicted molar refractivity (Wildman–Crippen MR) is 123 cm³/mol. The van der Waals surface area contributed by atoms with Crippen molar-refractivity contribution in [2.24, 2.45) is 0 Å². The molecule has 7 heteroatoms. The van der Waals surface area contributed by atoms with Gasteiger partial charge in [0, 0.05) is 24.0 Å². The van der Waals surface area contributed by atoms with Crippen LogP contribution >= 0.6 is 15.9 Å². The van der Waals surface area contributed by atoms with E-state index in [0.717, 1.165) is 34.2 Å². The van der Waals surface area contributed by atoms with E-state index in [1.807, 2.05) is 42.5 Å². The fourth-order valence-electron chi connectivity index (χ4n) is 3.44. The standard InChI is InChI=1S/C24H29BrN2O4/c1-3-4-12-26-24(29)17(2)27(15-19-6-5-7-20(25)13-19)23(28)11-9-18-8-10-21-22(14-18)31-16-30-21/h5-8,10,13-14,17H,3-4,9,11-12,15-16H2,1-2H3,(H,26,29)/t17-/m1/s1. The third-order valence-corrected chi connectivity index (χ3v) is 5.80. The number of carbonyl (C=O) groups excluding carboxylic acids is 2. The molecule has 1 aliphatic heterocycles. The number of nitrogens with one attached hydrogen (secondary N) is 1. The number of rotatable bonds is 10. The molecule has 1 heterocycles. The zero-order chi connectivity index (χ0) is 22.2. The number of hydrogen-bond acceptors (Lipinski definition) is 4. The molecule has 31 heavy (non-hydrogen) atoms. The van der Waals surface area contributed by atoms with Gasteiger partial charge in [0.25, 0.3) is 0 Å². The summed E-state index contributed by atoms with van der Waals surface area (Å²) in [5.41, 5.74) is 1.97. The number of carbonyl (C=O) groups is 2. The van der Waals surface area contributed by atoms with Gasteiger partial charge in [0.1, 0.15) is 6.04 Å². The molecule has 166 valence electrons. The summed E-state index contributed by atoms with van der Waals surface area (Å²) in [6, 6.07) is 13.0. The highest BCUT2D eigenvalue weighted by Gasteiger charge is 2.26. The van der Waals surface area contributed by atoms with E-state index in [9.17, 15) is 9.59 Å². The molecule has 0 aliphatic carbocycles. The Morgan fingerprint density at radius 1 is 1.13 bits per heavy atom. The van der Waals surface area contributed by atoms with Crippen LogP contribution in [0.1, 0.15) is 44.2 Å². The Morgan fingerprint density at radius 3 is 2.71 bits per heavy atom. The molecule has 0 aromatic heterocycles. The largest absolute Gasteiger partial charge is 0.454 e. The summed E-state index contributed by atoms with van der Waals surface area (Å²) in [6.07, 6.45) is 2.79. The first-order chi connectivity index (χ1) is 15.0. The van der Waals surface area contributed by atoms with Crippen LogP contribution in [0.5, 0.6) is 11.5 Å². The van der Waals surface area contributed by atoms with E-state index >= 15 is 0 Å². The van der Waals surface area contributed by atoms with Crippen molar-refractivity contribution in [3.8, 4) is 11.5 Å². The van der Waals surface area contributed by atoms with Crippen molar-refractivity contribution in [2.75, 3.05) is 13.3 Å². The predicted octanol–water partition coefficient (Wildman–Crippen LogP) is 4.44. The number of ether oxygens (including phenoxy) is 2. The maximum Gasteiger partial charge on any atom is 0.242 e. The molecule has 1 aliphatic rings. The SMILES string of the molecule is CCCCNC(=O)[C@@H](C)N(Cc1cccc(Br)c1)C(=O)CCc1ccc2c(c1)OCO2. The van der Waals surface area contributed by atoms with Crippen LogP contribution in [-0.4, -0.2) is 36.1 Å². The monoisotopic (exact) mass is 488 g/mol. The molecule has 0 saturated carbocycles. The van der Waals surface area contributed by atoms with E-state index in [2.05, 4.69) is 28.2 Å². The summed E-state index contributed by atoms with van der Waals surface area (Å²) >= 11 is 3.48. The summed E-state index contributed by atoms with van der Waals surface area (Å²) < 4.78 is 11.7. The summed E-state index contributed by atoms with van der Waals surface area (Å²) in [5, 5.41) is 2.95. The summed E-state index contributed by atoms with van der Waals surface area (Å²) in [6.45, 7) is 5.09. The second-order valence-electron chi connectivity index (χ2n) is 7.66. The number of benzene rings is 2. The van der Waals surface area contributed by atoms with E-state index in [4.69, 9.17) is 9.47 Å². The number of halogens is 1. The van der Waals surface area contributed by atoms with E-state index in [1.165, 1.54) is 0 Å². The topological polar surface area (TPSA) is 67.9 Å². The van der Waals surface area contributed by atoms with Gasteiger partial charge in [-0.1, -0.05) is 47.5 Å². The zero-order valence-electron chi connectivity index (χ0n) is 18.0. The molecule has 1 atom stereocenters. The van der Waals surface area contributed by atoms with Gasteiger partial charge in [0.15, 0.2) is 11.5 Å². The van der Waals surface area contributed by atoms with E-state index < -0.39 is 6.04 Å².